The van der Waals surface area contributed by atoms with Gasteiger partial charge in [-0.05, 0) is 49.1 Å². The minimum atomic E-state index is -0.582. The highest BCUT2D eigenvalue weighted by Gasteiger charge is 2.17. The summed E-state index contributed by atoms with van der Waals surface area (Å²) in [7, 11) is 0. The van der Waals surface area contributed by atoms with E-state index in [4.69, 9.17) is 15.2 Å². The van der Waals surface area contributed by atoms with Crippen LogP contribution in [-0.2, 0) is 22.4 Å². The predicted octanol–water partition coefficient (Wildman–Crippen LogP) is 2.95. The number of ether oxygens (including phenoxy) is 2. The summed E-state index contributed by atoms with van der Waals surface area (Å²) in [6.45, 7) is 4.90. The van der Waals surface area contributed by atoms with Gasteiger partial charge in [0.15, 0.2) is 0 Å². The van der Waals surface area contributed by atoms with Crippen molar-refractivity contribution in [1.29, 1.82) is 0 Å². The Morgan fingerprint density at radius 1 is 1.19 bits per heavy atom. The SMILES string of the molecule is CCOC(Cc1ccc(OCCN2CCCc3ccccc32)cc1)C(N)=O. The Morgan fingerprint density at radius 3 is 2.70 bits per heavy atom. The van der Waals surface area contributed by atoms with Gasteiger partial charge in [0.05, 0.1) is 6.54 Å². The second-order valence-corrected chi connectivity index (χ2v) is 6.76. The molecule has 1 aliphatic heterocycles. The zero-order chi connectivity index (χ0) is 19.1. The second kappa shape index (κ2) is 9.42. The number of hydrogen-bond donors (Lipinski definition) is 1. The molecule has 2 aromatic rings. The molecule has 0 saturated heterocycles. The van der Waals surface area contributed by atoms with Crippen LogP contribution in [0.3, 0.4) is 0 Å². The molecule has 1 atom stereocenters. The van der Waals surface area contributed by atoms with E-state index in [0.717, 1.165) is 30.8 Å². The van der Waals surface area contributed by atoms with Gasteiger partial charge in [-0.1, -0.05) is 30.3 Å². The average molecular weight is 368 g/mol. The third kappa shape index (κ3) is 5.23. The van der Waals surface area contributed by atoms with Gasteiger partial charge in [-0.25, -0.2) is 0 Å². The maximum atomic E-state index is 11.4. The summed E-state index contributed by atoms with van der Waals surface area (Å²) < 4.78 is 11.3. The molecule has 27 heavy (non-hydrogen) atoms. The minimum absolute atomic E-state index is 0.431. The molecule has 5 heteroatoms. The first-order valence-electron chi connectivity index (χ1n) is 9.63. The second-order valence-electron chi connectivity index (χ2n) is 6.76. The molecule has 144 valence electrons. The topological polar surface area (TPSA) is 64.8 Å². The Morgan fingerprint density at radius 2 is 1.96 bits per heavy atom. The van der Waals surface area contributed by atoms with Gasteiger partial charge in [-0.15, -0.1) is 0 Å². The molecule has 2 N–H and O–H groups in total. The van der Waals surface area contributed by atoms with Gasteiger partial charge in [-0.2, -0.15) is 0 Å². The molecular formula is C22H28N2O3. The van der Waals surface area contributed by atoms with Crippen molar-refractivity contribution in [2.24, 2.45) is 5.73 Å². The van der Waals surface area contributed by atoms with Crippen LogP contribution in [0.15, 0.2) is 48.5 Å². The van der Waals surface area contributed by atoms with Crippen molar-refractivity contribution in [3.63, 3.8) is 0 Å². The molecule has 3 rings (SSSR count). The Bertz CT molecular complexity index is 745. The van der Waals surface area contributed by atoms with Crippen molar-refractivity contribution in [1.82, 2.24) is 0 Å². The number of para-hydroxylation sites is 1. The highest BCUT2D eigenvalue weighted by atomic mass is 16.5. The number of fused-ring (bicyclic) bond motifs is 1. The van der Waals surface area contributed by atoms with Gasteiger partial charge >= 0.3 is 0 Å². The smallest absolute Gasteiger partial charge is 0.246 e. The number of aryl methyl sites for hydroxylation is 1. The summed E-state index contributed by atoms with van der Waals surface area (Å²) in [6, 6.07) is 16.4. The van der Waals surface area contributed by atoms with Gasteiger partial charge in [0.25, 0.3) is 0 Å². The van der Waals surface area contributed by atoms with Crippen LogP contribution in [0.1, 0.15) is 24.5 Å². The van der Waals surface area contributed by atoms with Crippen LogP contribution in [0.4, 0.5) is 5.69 Å². The van der Waals surface area contributed by atoms with Crippen molar-refractivity contribution >= 4 is 11.6 Å². The normalized spacial score (nSPS) is 14.5. The summed E-state index contributed by atoms with van der Waals surface area (Å²) in [5, 5.41) is 0. The Labute approximate surface area is 161 Å². The lowest BCUT2D eigenvalue weighted by Gasteiger charge is -2.31. The largest absolute Gasteiger partial charge is 0.492 e. The number of benzene rings is 2. The van der Waals surface area contributed by atoms with Crippen LogP contribution >= 0.6 is 0 Å². The zero-order valence-corrected chi connectivity index (χ0v) is 15.9. The molecule has 1 aliphatic rings. The third-order valence-electron chi connectivity index (χ3n) is 4.87. The monoisotopic (exact) mass is 368 g/mol. The van der Waals surface area contributed by atoms with Crippen LogP contribution < -0.4 is 15.4 Å². The van der Waals surface area contributed by atoms with Gasteiger partial charge in [0.2, 0.25) is 5.91 Å². The number of hydrogen-bond acceptors (Lipinski definition) is 4. The molecule has 2 aromatic carbocycles. The summed E-state index contributed by atoms with van der Waals surface area (Å²) in [6.07, 6.45) is 2.24. The lowest BCUT2D eigenvalue weighted by atomic mass is 10.0. The molecule has 0 fully saturated rings. The van der Waals surface area contributed by atoms with E-state index in [1.165, 1.54) is 17.7 Å². The lowest BCUT2D eigenvalue weighted by Crippen LogP contribution is -2.33. The molecule has 0 bridgehead atoms. The maximum Gasteiger partial charge on any atom is 0.246 e. The summed E-state index contributed by atoms with van der Waals surface area (Å²) in [5.41, 5.74) is 9.13. The van der Waals surface area contributed by atoms with Crippen LogP contribution in [-0.4, -0.2) is 38.3 Å². The number of anilines is 1. The van der Waals surface area contributed by atoms with E-state index in [-0.39, 0.29) is 0 Å². The Balaban J connectivity index is 1.50. The molecule has 0 aliphatic carbocycles. The molecule has 5 nitrogen and oxygen atoms in total. The van der Waals surface area contributed by atoms with E-state index in [1.54, 1.807) is 0 Å². The Kier molecular flexibility index (Phi) is 6.71. The molecule has 0 spiro atoms. The first-order valence-corrected chi connectivity index (χ1v) is 9.63. The van der Waals surface area contributed by atoms with E-state index >= 15 is 0 Å². The van der Waals surface area contributed by atoms with Crippen molar-refractivity contribution < 1.29 is 14.3 Å². The number of primary amides is 1. The molecule has 0 radical (unpaired) electrons. The quantitative estimate of drug-likeness (QED) is 0.739. The van der Waals surface area contributed by atoms with Crippen molar-refractivity contribution in [3.05, 3.63) is 59.7 Å². The summed E-state index contributed by atoms with van der Waals surface area (Å²) in [4.78, 5) is 13.8. The lowest BCUT2D eigenvalue weighted by molar-refractivity contribution is -0.129. The first-order chi connectivity index (χ1) is 13.2. The molecule has 1 unspecified atom stereocenters. The van der Waals surface area contributed by atoms with Crippen LogP contribution in [0.25, 0.3) is 0 Å². The number of amides is 1. The third-order valence-corrected chi connectivity index (χ3v) is 4.87. The number of rotatable bonds is 9. The van der Waals surface area contributed by atoms with Gasteiger partial charge in [0, 0.05) is 25.3 Å². The number of carbonyl (C=O) groups is 1. The van der Waals surface area contributed by atoms with E-state index in [9.17, 15) is 4.79 Å². The Hall–Kier alpha value is -2.53. The van der Waals surface area contributed by atoms with Gasteiger partial charge < -0.3 is 20.1 Å². The van der Waals surface area contributed by atoms with E-state index < -0.39 is 12.0 Å². The molecule has 1 amide bonds. The van der Waals surface area contributed by atoms with Crippen molar-refractivity contribution in [3.8, 4) is 5.75 Å². The van der Waals surface area contributed by atoms with Gasteiger partial charge in [-0.3, -0.25) is 4.79 Å². The van der Waals surface area contributed by atoms with Crippen molar-refractivity contribution in [2.45, 2.75) is 32.3 Å². The summed E-state index contributed by atoms with van der Waals surface area (Å²) >= 11 is 0. The molecule has 0 saturated carbocycles. The number of nitrogens with zero attached hydrogens (tertiary/aromatic N) is 1. The highest BCUT2D eigenvalue weighted by Crippen LogP contribution is 2.26. The summed E-state index contributed by atoms with van der Waals surface area (Å²) in [5.74, 6) is 0.398. The zero-order valence-electron chi connectivity index (χ0n) is 15.9. The highest BCUT2D eigenvalue weighted by molar-refractivity contribution is 5.79. The minimum Gasteiger partial charge on any atom is -0.492 e. The van der Waals surface area contributed by atoms with Crippen LogP contribution in [0.5, 0.6) is 5.75 Å². The number of carbonyl (C=O) groups excluding carboxylic acids is 1. The number of nitrogens with two attached hydrogens (primary N) is 1. The predicted molar refractivity (Wildman–Crippen MR) is 107 cm³/mol. The van der Waals surface area contributed by atoms with Crippen molar-refractivity contribution in [2.75, 3.05) is 31.2 Å². The van der Waals surface area contributed by atoms with E-state index in [2.05, 4.69) is 29.2 Å². The molecule has 1 heterocycles. The first kappa shape index (κ1) is 19.2. The van der Waals surface area contributed by atoms with Gasteiger partial charge in [0.1, 0.15) is 18.5 Å². The average Bonchev–Trinajstić information content (AvgIpc) is 2.69. The van der Waals surface area contributed by atoms with E-state index in [0.29, 0.717) is 19.6 Å². The van der Waals surface area contributed by atoms with Crippen LogP contribution in [0, 0.1) is 0 Å². The maximum absolute atomic E-state index is 11.4. The molecular weight excluding hydrogens is 340 g/mol. The fraction of sp³-hybridized carbons (Fsp3) is 0.409. The van der Waals surface area contributed by atoms with Crippen LogP contribution in [0.2, 0.25) is 0 Å². The fourth-order valence-corrected chi connectivity index (χ4v) is 3.50. The fourth-order valence-electron chi connectivity index (χ4n) is 3.50. The van der Waals surface area contributed by atoms with E-state index in [1.807, 2.05) is 31.2 Å². The molecule has 0 aromatic heterocycles. The standard InChI is InChI=1S/C22H28N2O3/c1-2-26-21(22(23)25)16-17-9-11-19(12-10-17)27-15-14-24-13-5-7-18-6-3-4-8-20(18)24/h3-4,6,8-12,21H,2,5,7,13-16H2,1H3,(H2,23,25).